The zero-order valence-electron chi connectivity index (χ0n) is 13.9. The maximum absolute atomic E-state index is 12.1. The Hall–Kier alpha value is -2.34. The van der Waals surface area contributed by atoms with E-state index in [4.69, 9.17) is 0 Å². The van der Waals surface area contributed by atoms with Crippen molar-refractivity contribution in [2.75, 3.05) is 31.3 Å². The molecule has 128 valence electrons. The van der Waals surface area contributed by atoms with Gasteiger partial charge in [0.15, 0.2) is 9.84 Å². The van der Waals surface area contributed by atoms with Crippen LogP contribution in [0, 0.1) is 0 Å². The molecular formula is C18H22N2O3S. The van der Waals surface area contributed by atoms with Crippen molar-refractivity contribution < 1.29 is 13.2 Å². The van der Waals surface area contributed by atoms with Gasteiger partial charge >= 0.3 is 0 Å². The van der Waals surface area contributed by atoms with Crippen LogP contribution in [0.15, 0.2) is 59.5 Å². The van der Waals surface area contributed by atoms with Gasteiger partial charge in [-0.3, -0.25) is 4.79 Å². The highest BCUT2D eigenvalue weighted by atomic mass is 32.2. The first-order valence-corrected chi connectivity index (χ1v) is 9.61. The van der Waals surface area contributed by atoms with Gasteiger partial charge in [0.1, 0.15) is 0 Å². The average Bonchev–Trinajstić information content (AvgIpc) is 2.58. The Labute approximate surface area is 143 Å². The fraction of sp³-hybridized carbons (Fsp3) is 0.278. The summed E-state index contributed by atoms with van der Waals surface area (Å²) in [6.07, 6.45) is 1.92. The standard InChI is InChI=1S/C18H22N2O3S/c1-20(16-9-4-3-5-10-16)13-7-12-19-18(21)15-8-6-11-17(14-15)24(2,22)23/h3-6,8-11,14H,7,12-13H2,1-2H3,(H,19,21). The molecule has 0 unspecified atom stereocenters. The lowest BCUT2D eigenvalue weighted by atomic mass is 10.2. The van der Waals surface area contributed by atoms with E-state index >= 15 is 0 Å². The largest absolute Gasteiger partial charge is 0.375 e. The number of anilines is 1. The molecule has 5 nitrogen and oxygen atoms in total. The first kappa shape index (κ1) is 18.0. The molecule has 0 aliphatic heterocycles. The summed E-state index contributed by atoms with van der Waals surface area (Å²) in [6, 6.07) is 16.1. The Morgan fingerprint density at radius 3 is 2.46 bits per heavy atom. The molecule has 1 amide bonds. The molecule has 0 spiro atoms. The first-order chi connectivity index (χ1) is 11.4. The van der Waals surface area contributed by atoms with Crippen molar-refractivity contribution in [3.8, 4) is 0 Å². The minimum Gasteiger partial charge on any atom is -0.375 e. The van der Waals surface area contributed by atoms with Crippen LogP contribution in [0.4, 0.5) is 5.69 Å². The molecule has 0 saturated heterocycles. The summed E-state index contributed by atoms with van der Waals surface area (Å²) in [4.78, 5) is 14.4. The number of hydrogen-bond donors (Lipinski definition) is 1. The Balaban J connectivity index is 1.84. The van der Waals surface area contributed by atoms with E-state index in [9.17, 15) is 13.2 Å². The predicted molar refractivity (Wildman–Crippen MR) is 96.2 cm³/mol. The minimum atomic E-state index is -3.31. The summed E-state index contributed by atoms with van der Waals surface area (Å²) >= 11 is 0. The van der Waals surface area contributed by atoms with Crippen LogP contribution < -0.4 is 10.2 Å². The third-order valence-corrected chi connectivity index (χ3v) is 4.79. The van der Waals surface area contributed by atoms with Crippen molar-refractivity contribution in [1.29, 1.82) is 0 Å². The fourth-order valence-corrected chi connectivity index (χ4v) is 2.97. The van der Waals surface area contributed by atoms with E-state index in [0.29, 0.717) is 12.1 Å². The van der Waals surface area contributed by atoms with Crippen LogP contribution in [-0.2, 0) is 9.84 Å². The van der Waals surface area contributed by atoms with Gasteiger partial charge < -0.3 is 10.2 Å². The summed E-state index contributed by atoms with van der Waals surface area (Å²) in [5.74, 6) is -0.261. The van der Waals surface area contributed by atoms with Crippen molar-refractivity contribution in [2.45, 2.75) is 11.3 Å². The molecule has 0 aliphatic carbocycles. The zero-order valence-corrected chi connectivity index (χ0v) is 14.7. The quantitative estimate of drug-likeness (QED) is 0.782. The summed E-state index contributed by atoms with van der Waals surface area (Å²) in [5.41, 5.74) is 1.49. The molecule has 0 fully saturated rings. The Morgan fingerprint density at radius 1 is 1.08 bits per heavy atom. The number of nitrogens with zero attached hydrogens (tertiary/aromatic N) is 1. The van der Waals surface area contributed by atoms with Crippen molar-refractivity contribution in [1.82, 2.24) is 5.32 Å². The molecule has 0 radical (unpaired) electrons. The molecule has 0 aliphatic rings. The summed E-state index contributed by atoms with van der Waals surface area (Å²) in [7, 11) is -1.31. The molecule has 2 aromatic carbocycles. The topological polar surface area (TPSA) is 66.5 Å². The third kappa shape index (κ3) is 5.09. The molecule has 24 heavy (non-hydrogen) atoms. The lowest BCUT2D eigenvalue weighted by Crippen LogP contribution is -2.28. The number of nitrogens with one attached hydrogen (secondary N) is 1. The molecule has 0 heterocycles. The predicted octanol–water partition coefficient (Wildman–Crippen LogP) is 2.35. The average molecular weight is 346 g/mol. The van der Waals surface area contributed by atoms with Crippen molar-refractivity contribution in [3.05, 3.63) is 60.2 Å². The van der Waals surface area contributed by atoms with Gasteiger partial charge in [0.2, 0.25) is 0 Å². The molecule has 2 rings (SSSR count). The van der Waals surface area contributed by atoms with E-state index in [-0.39, 0.29) is 10.8 Å². The number of sulfone groups is 1. The smallest absolute Gasteiger partial charge is 0.251 e. The molecule has 0 saturated carbocycles. The van der Waals surface area contributed by atoms with Gasteiger partial charge in [0.25, 0.3) is 5.91 Å². The summed E-state index contributed by atoms with van der Waals surface area (Å²) < 4.78 is 23.1. The van der Waals surface area contributed by atoms with Crippen molar-refractivity contribution in [3.63, 3.8) is 0 Å². The van der Waals surface area contributed by atoms with Gasteiger partial charge in [-0.1, -0.05) is 24.3 Å². The number of hydrogen-bond acceptors (Lipinski definition) is 4. The summed E-state index contributed by atoms with van der Waals surface area (Å²) in [6.45, 7) is 1.34. The number of carbonyl (C=O) groups is 1. The highest BCUT2D eigenvalue weighted by molar-refractivity contribution is 7.90. The highest BCUT2D eigenvalue weighted by Crippen LogP contribution is 2.12. The second-order valence-corrected chi connectivity index (χ2v) is 7.68. The van der Waals surface area contributed by atoms with E-state index in [1.807, 2.05) is 37.4 Å². The fourth-order valence-electron chi connectivity index (χ4n) is 2.30. The minimum absolute atomic E-state index is 0.152. The van der Waals surface area contributed by atoms with E-state index in [2.05, 4.69) is 10.2 Å². The zero-order chi connectivity index (χ0) is 17.6. The molecule has 6 heteroatoms. The third-order valence-electron chi connectivity index (χ3n) is 3.68. The van der Waals surface area contributed by atoms with E-state index < -0.39 is 9.84 Å². The highest BCUT2D eigenvalue weighted by Gasteiger charge is 2.11. The number of amides is 1. The van der Waals surface area contributed by atoms with E-state index in [1.165, 1.54) is 12.1 Å². The Bertz CT molecular complexity index is 789. The molecule has 0 aromatic heterocycles. The van der Waals surface area contributed by atoms with Gasteiger partial charge in [0, 0.05) is 37.6 Å². The van der Waals surface area contributed by atoms with Crippen LogP contribution in [0.3, 0.4) is 0 Å². The lowest BCUT2D eigenvalue weighted by molar-refractivity contribution is 0.0953. The number of rotatable bonds is 7. The second kappa shape index (κ2) is 7.97. The first-order valence-electron chi connectivity index (χ1n) is 7.72. The van der Waals surface area contributed by atoms with Crippen molar-refractivity contribution in [2.24, 2.45) is 0 Å². The van der Waals surface area contributed by atoms with Gasteiger partial charge in [-0.25, -0.2) is 8.42 Å². The molecule has 0 bridgehead atoms. The molecule has 2 aromatic rings. The van der Waals surface area contributed by atoms with Gasteiger partial charge in [-0.05, 0) is 36.8 Å². The van der Waals surface area contributed by atoms with Crippen molar-refractivity contribution >= 4 is 21.4 Å². The number of carbonyl (C=O) groups excluding carboxylic acids is 1. The number of benzene rings is 2. The van der Waals surface area contributed by atoms with Gasteiger partial charge in [0.05, 0.1) is 4.90 Å². The van der Waals surface area contributed by atoms with E-state index in [0.717, 1.165) is 24.9 Å². The monoisotopic (exact) mass is 346 g/mol. The molecule has 0 atom stereocenters. The lowest BCUT2D eigenvalue weighted by Gasteiger charge is -2.19. The van der Waals surface area contributed by atoms with Crippen LogP contribution in [-0.4, -0.2) is 40.7 Å². The van der Waals surface area contributed by atoms with E-state index in [1.54, 1.807) is 12.1 Å². The van der Waals surface area contributed by atoms with Gasteiger partial charge in [-0.15, -0.1) is 0 Å². The van der Waals surface area contributed by atoms with Gasteiger partial charge in [-0.2, -0.15) is 0 Å². The Kier molecular flexibility index (Phi) is 5.98. The van der Waals surface area contributed by atoms with Crippen LogP contribution in [0.25, 0.3) is 0 Å². The van der Waals surface area contributed by atoms with Crippen LogP contribution >= 0.6 is 0 Å². The SMILES string of the molecule is CN(CCCNC(=O)c1cccc(S(C)(=O)=O)c1)c1ccccc1. The maximum atomic E-state index is 12.1. The van der Waals surface area contributed by atoms with Crippen LogP contribution in [0.1, 0.15) is 16.8 Å². The maximum Gasteiger partial charge on any atom is 0.251 e. The second-order valence-electron chi connectivity index (χ2n) is 5.67. The van der Waals surface area contributed by atoms with Crippen LogP contribution in [0.2, 0.25) is 0 Å². The van der Waals surface area contributed by atoms with Crippen LogP contribution in [0.5, 0.6) is 0 Å². The Morgan fingerprint density at radius 2 is 1.79 bits per heavy atom. The normalized spacial score (nSPS) is 11.1. The number of para-hydroxylation sites is 1. The molecular weight excluding hydrogens is 324 g/mol. The summed E-state index contributed by atoms with van der Waals surface area (Å²) in [5, 5.41) is 2.82. The molecule has 1 N–H and O–H groups in total.